The standard InChI is InChI=1S/C18H25FN4/c1-15-20-12-18(21(15)2)14-23-8-4-7-22(9-10-23)13-16-5-3-6-17(19)11-16/h3,5-6,11-12H,4,7-10,13-14H2,1-2H3. The van der Waals surface area contributed by atoms with Gasteiger partial charge in [-0.3, -0.25) is 9.80 Å². The zero-order chi connectivity index (χ0) is 16.2. The normalized spacial score (nSPS) is 17.3. The van der Waals surface area contributed by atoms with Crippen molar-refractivity contribution in [3.63, 3.8) is 0 Å². The van der Waals surface area contributed by atoms with Crippen molar-refractivity contribution in [2.45, 2.75) is 26.4 Å². The van der Waals surface area contributed by atoms with Gasteiger partial charge in [0.2, 0.25) is 0 Å². The fourth-order valence-corrected chi connectivity index (χ4v) is 3.16. The van der Waals surface area contributed by atoms with Crippen molar-refractivity contribution in [2.24, 2.45) is 7.05 Å². The quantitative estimate of drug-likeness (QED) is 0.866. The summed E-state index contributed by atoms with van der Waals surface area (Å²) in [6.45, 7) is 8.04. The number of rotatable bonds is 4. The van der Waals surface area contributed by atoms with Crippen molar-refractivity contribution in [1.82, 2.24) is 19.4 Å². The van der Waals surface area contributed by atoms with Gasteiger partial charge in [0.15, 0.2) is 0 Å². The maximum absolute atomic E-state index is 13.3. The van der Waals surface area contributed by atoms with E-state index in [9.17, 15) is 4.39 Å². The van der Waals surface area contributed by atoms with Gasteiger partial charge in [0, 0.05) is 39.4 Å². The van der Waals surface area contributed by atoms with E-state index in [0.717, 1.165) is 57.1 Å². The lowest BCUT2D eigenvalue weighted by atomic mass is 10.2. The third-order valence-electron chi connectivity index (χ3n) is 4.68. The Morgan fingerprint density at radius 1 is 1.09 bits per heavy atom. The van der Waals surface area contributed by atoms with E-state index in [-0.39, 0.29) is 5.82 Å². The molecule has 0 unspecified atom stereocenters. The van der Waals surface area contributed by atoms with Gasteiger partial charge in [-0.15, -0.1) is 0 Å². The lowest BCUT2D eigenvalue weighted by molar-refractivity contribution is 0.244. The van der Waals surface area contributed by atoms with E-state index in [1.165, 1.54) is 11.8 Å². The predicted octanol–water partition coefficient (Wildman–Crippen LogP) is 2.58. The molecule has 0 aliphatic carbocycles. The summed E-state index contributed by atoms with van der Waals surface area (Å²) in [7, 11) is 2.08. The predicted molar refractivity (Wildman–Crippen MR) is 89.5 cm³/mol. The van der Waals surface area contributed by atoms with E-state index in [0.29, 0.717) is 0 Å². The molecule has 2 heterocycles. The summed E-state index contributed by atoms with van der Waals surface area (Å²) in [5.41, 5.74) is 2.32. The first-order valence-corrected chi connectivity index (χ1v) is 8.28. The second-order valence-electron chi connectivity index (χ2n) is 6.39. The Balaban J connectivity index is 1.56. The molecule has 0 spiro atoms. The molecular formula is C18H25FN4. The van der Waals surface area contributed by atoms with Crippen LogP contribution in [0.4, 0.5) is 4.39 Å². The smallest absolute Gasteiger partial charge is 0.123 e. The van der Waals surface area contributed by atoms with Crippen LogP contribution in [0.1, 0.15) is 23.5 Å². The highest BCUT2D eigenvalue weighted by Gasteiger charge is 2.16. The Hall–Kier alpha value is -1.72. The van der Waals surface area contributed by atoms with Gasteiger partial charge >= 0.3 is 0 Å². The van der Waals surface area contributed by atoms with Crippen molar-refractivity contribution >= 4 is 0 Å². The van der Waals surface area contributed by atoms with E-state index < -0.39 is 0 Å². The van der Waals surface area contributed by atoms with E-state index >= 15 is 0 Å². The molecule has 124 valence electrons. The van der Waals surface area contributed by atoms with Gasteiger partial charge < -0.3 is 4.57 Å². The molecule has 3 rings (SSSR count). The van der Waals surface area contributed by atoms with Crippen molar-refractivity contribution in [3.8, 4) is 0 Å². The van der Waals surface area contributed by atoms with Gasteiger partial charge in [-0.2, -0.15) is 0 Å². The van der Waals surface area contributed by atoms with Crippen molar-refractivity contribution < 1.29 is 4.39 Å². The number of nitrogens with zero attached hydrogens (tertiary/aromatic N) is 4. The zero-order valence-electron chi connectivity index (χ0n) is 14.0. The monoisotopic (exact) mass is 316 g/mol. The molecule has 0 amide bonds. The van der Waals surface area contributed by atoms with Crippen LogP contribution >= 0.6 is 0 Å². The molecule has 1 aliphatic rings. The summed E-state index contributed by atoms with van der Waals surface area (Å²) < 4.78 is 15.5. The lowest BCUT2D eigenvalue weighted by Gasteiger charge is -2.22. The second kappa shape index (κ2) is 7.23. The van der Waals surface area contributed by atoms with E-state index in [1.54, 1.807) is 12.1 Å². The molecule has 2 aromatic rings. The van der Waals surface area contributed by atoms with E-state index in [1.807, 2.05) is 19.2 Å². The maximum Gasteiger partial charge on any atom is 0.123 e. The van der Waals surface area contributed by atoms with Crippen LogP contribution in [0, 0.1) is 12.7 Å². The number of halogens is 1. The van der Waals surface area contributed by atoms with E-state index in [2.05, 4.69) is 26.4 Å². The Morgan fingerprint density at radius 3 is 2.48 bits per heavy atom. The number of hydrogen-bond donors (Lipinski definition) is 0. The van der Waals surface area contributed by atoms with Gasteiger partial charge in [-0.1, -0.05) is 12.1 Å². The Bertz CT molecular complexity index is 652. The van der Waals surface area contributed by atoms with Gasteiger partial charge in [-0.25, -0.2) is 9.37 Å². The minimum atomic E-state index is -0.148. The second-order valence-corrected chi connectivity index (χ2v) is 6.39. The summed E-state index contributed by atoms with van der Waals surface area (Å²) in [5.74, 6) is 0.910. The van der Waals surface area contributed by atoms with Crippen LogP contribution in [0.15, 0.2) is 30.5 Å². The number of aryl methyl sites for hydroxylation is 1. The number of imidazole rings is 1. The molecule has 0 radical (unpaired) electrons. The highest BCUT2D eigenvalue weighted by atomic mass is 19.1. The average molecular weight is 316 g/mol. The highest BCUT2D eigenvalue weighted by Crippen LogP contribution is 2.13. The van der Waals surface area contributed by atoms with E-state index in [4.69, 9.17) is 0 Å². The molecule has 1 saturated heterocycles. The summed E-state index contributed by atoms with van der Waals surface area (Å²) in [6.07, 6.45) is 3.12. The van der Waals surface area contributed by atoms with Crippen LogP contribution in [-0.4, -0.2) is 45.5 Å². The molecule has 1 aromatic carbocycles. The van der Waals surface area contributed by atoms with Crippen LogP contribution in [0.2, 0.25) is 0 Å². The van der Waals surface area contributed by atoms with Crippen molar-refractivity contribution in [1.29, 1.82) is 0 Å². The van der Waals surface area contributed by atoms with Gasteiger partial charge in [-0.05, 0) is 44.1 Å². The van der Waals surface area contributed by atoms with Crippen LogP contribution in [0.25, 0.3) is 0 Å². The number of aromatic nitrogens is 2. The molecule has 5 heteroatoms. The lowest BCUT2D eigenvalue weighted by Crippen LogP contribution is -2.30. The Morgan fingerprint density at radius 2 is 1.83 bits per heavy atom. The molecule has 0 N–H and O–H groups in total. The summed E-state index contributed by atoms with van der Waals surface area (Å²) in [6, 6.07) is 6.94. The van der Waals surface area contributed by atoms with Crippen LogP contribution in [-0.2, 0) is 20.1 Å². The molecule has 0 saturated carbocycles. The summed E-state index contributed by atoms with van der Waals surface area (Å²) in [5, 5.41) is 0. The first kappa shape index (κ1) is 16.1. The molecule has 4 nitrogen and oxygen atoms in total. The van der Waals surface area contributed by atoms with Gasteiger partial charge in [0.25, 0.3) is 0 Å². The first-order chi connectivity index (χ1) is 11.1. The zero-order valence-corrected chi connectivity index (χ0v) is 14.0. The molecule has 0 atom stereocenters. The fraction of sp³-hybridized carbons (Fsp3) is 0.500. The minimum absolute atomic E-state index is 0.148. The van der Waals surface area contributed by atoms with Gasteiger partial charge in [0.05, 0.1) is 5.69 Å². The SMILES string of the molecule is Cc1ncc(CN2CCCN(Cc3cccc(F)c3)CC2)n1C. The third-order valence-corrected chi connectivity index (χ3v) is 4.68. The average Bonchev–Trinajstić information content (AvgIpc) is 2.73. The molecule has 1 fully saturated rings. The number of benzene rings is 1. The Labute approximate surface area is 137 Å². The molecule has 23 heavy (non-hydrogen) atoms. The van der Waals surface area contributed by atoms with Crippen molar-refractivity contribution in [3.05, 3.63) is 53.4 Å². The van der Waals surface area contributed by atoms with Crippen molar-refractivity contribution in [2.75, 3.05) is 26.2 Å². The maximum atomic E-state index is 13.3. The third kappa shape index (κ3) is 4.18. The largest absolute Gasteiger partial charge is 0.334 e. The topological polar surface area (TPSA) is 24.3 Å². The molecule has 0 bridgehead atoms. The fourth-order valence-electron chi connectivity index (χ4n) is 3.16. The highest BCUT2D eigenvalue weighted by molar-refractivity contribution is 5.16. The molecule has 1 aromatic heterocycles. The Kier molecular flexibility index (Phi) is 5.08. The minimum Gasteiger partial charge on any atom is -0.334 e. The summed E-state index contributed by atoms with van der Waals surface area (Å²) >= 11 is 0. The van der Waals surface area contributed by atoms with Crippen LogP contribution in [0.5, 0.6) is 0 Å². The first-order valence-electron chi connectivity index (χ1n) is 8.28. The summed E-state index contributed by atoms with van der Waals surface area (Å²) in [4.78, 5) is 9.28. The molecule has 1 aliphatic heterocycles. The van der Waals surface area contributed by atoms with Crippen LogP contribution in [0.3, 0.4) is 0 Å². The van der Waals surface area contributed by atoms with Gasteiger partial charge in [0.1, 0.15) is 11.6 Å². The number of hydrogen-bond acceptors (Lipinski definition) is 3. The van der Waals surface area contributed by atoms with Crippen LogP contribution < -0.4 is 0 Å². The molecular weight excluding hydrogens is 291 g/mol.